The van der Waals surface area contributed by atoms with E-state index in [0.717, 1.165) is 19.4 Å². The minimum absolute atomic E-state index is 0.00711. The molecule has 0 aromatic heterocycles. The third-order valence-corrected chi connectivity index (χ3v) is 13.4. The van der Waals surface area contributed by atoms with Crippen LogP contribution in [-0.2, 0) is 47.6 Å². The maximum absolute atomic E-state index is 13.3. The van der Waals surface area contributed by atoms with Gasteiger partial charge in [0.2, 0.25) is 0 Å². The fourth-order valence-corrected chi connectivity index (χ4v) is 12.8. The van der Waals surface area contributed by atoms with Crippen LogP contribution in [0.15, 0.2) is 0 Å². The molecule has 44 heavy (non-hydrogen) atoms. The van der Waals surface area contributed by atoms with E-state index in [4.69, 9.17) is 28.4 Å². The molecule has 0 N–H and O–H groups in total. The van der Waals surface area contributed by atoms with Gasteiger partial charge >= 0.3 is 23.9 Å². The molecule has 11 nitrogen and oxygen atoms in total. The van der Waals surface area contributed by atoms with E-state index in [1.54, 1.807) is 14.2 Å². The molecular weight excluding hydrogens is 570 g/mol. The molecule has 15 atom stereocenters. The quantitative estimate of drug-likeness (QED) is 0.308. The summed E-state index contributed by atoms with van der Waals surface area (Å²) >= 11 is 0. The summed E-state index contributed by atoms with van der Waals surface area (Å²) < 4.78 is 38.5. The molecule has 1 unspecified atom stereocenters. The molecule has 6 aliphatic rings. The van der Waals surface area contributed by atoms with Crippen molar-refractivity contribution in [1.82, 2.24) is 4.90 Å². The Balaban J connectivity index is 1.75. The first-order valence-corrected chi connectivity index (χ1v) is 16.1. The molecule has 1 aliphatic heterocycles. The zero-order valence-corrected chi connectivity index (χ0v) is 27.7. The van der Waals surface area contributed by atoms with Crippen molar-refractivity contribution >= 4 is 23.9 Å². The molecule has 0 radical (unpaired) electrons. The van der Waals surface area contributed by atoms with E-state index in [2.05, 4.69) is 25.8 Å². The predicted molar refractivity (Wildman–Crippen MR) is 155 cm³/mol. The Labute approximate surface area is 259 Å². The number of methoxy groups -OCH3 is 2. The van der Waals surface area contributed by atoms with Crippen LogP contribution in [0.5, 0.6) is 0 Å². The molecule has 0 aromatic rings. The maximum Gasteiger partial charge on any atom is 0.303 e. The van der Waals surface area contributed by atoms with Crippen LogP contribution >= 0.6 is 0 Å². The van der Waals surface area contributed by atoms with Crippen LogP contribution < -0.4 is 0 Å². The lowest BCUT2D eigenvalue weighted by Gasteiger charge is -2.70. The Kier molecular flexibility index (Phi) is 7.30. The van der Waals surface area contributed by atoms with Gasteiger partial charge in [0, 0.05) is 83.6 Å². The summed E-state index contributed by atoms with van der Waals surface area (Å²) in [5.74, 6) is -3.89. The number of carbonyl (C=O) groups is 4. The van der Waals surface area contributed by atoms with Crippen LogP contribution in [0.2, 0.25) is 0 Å². The van der Waals surface area contributed by atoms with Crippen LogP contribution in [0, 0.1) is 46.3 Å². The lowest BCUT2D eigenvalue weighted by Crippen LogP contribution is -2.80. The summed E-state index contributed by atoms with van der Waals surface area (Å²) in [4.78, 5) is 54.5. The van der Waals surface area contributed by atoms with Crippen LogP contribution in [0.25, 0.3) is 0 Å². The molecule has 1 saturated heterocycles. The third-order valence-electron chi connectivity index (χ3n) is 13.4. The van der Waals surface area contributed by atoms with Crippen molar-refractivity contribution in [3.8, 4) is 0 Å². The van der Waals surface area contributed by atoms with E-state index in [-0.39, 0.29) is 35.5 Å². The number of rotatable bonds is 7. The summed E-state index contributed by atoms with van der Waals surface area (Å²) in [6.45, 7) is 12.6. The van der Waals surface area contributed by atoms with Crippen LogP contribution in [0.4, 0.5) is 0 Å². The van der Waals surface area contributed by atoms with Gasteiger partial charge in [-0.3, -0.25) is 19.2 Å². The highest BCUT2D eigenvalue weighted by molar-refractivity contribution is 5.70. The second kappa shape index (κ2) is 10.1. The number of esters is 4. The Morgan fingerprint density at radius 1 is 0.841 bits per heavy atom. The minimum Gasteiger partial charge on any atom is -0.458 e. The molecule has 11 heteroatoms. The fourth-order valence-electron chi connectivity index (χ4n) is 12.8. The minimum atomic E-state index is -1.44. The van der Waals surface area contributed by atoms with E-state index < -0.39 is 70.5 Å². The van der Waals surface area contributed by atoms with Crippen molar-refractivity contribution in [2.24, 2.45) is 46.3 Å². The highest BCUT2D eigenvalue weighted by Crippen LogP contribution is 2.82. The van der Waals surface area contributed by atoms with Crippen molar-refractivity contribution in [1.29, 1.82) is 0 Å². The number of nitrogens with zero attached hydrogens (tertiary/aromatic N) is 1. The Morgan fingerprint density at radius 2 is 1.45 bits per heavy atom. The highest BCUT2D eigenvalue weighted by atomic mass is 16.6. The predicted octanol–water partition coefficient (Wildman–Crippen LogP) is 2.77. The van der Waals surface area contributed by atoms with Gasteiger partial charge in [-0.05, 0) is 43.6 Å². The SMILES string of the molecule is CC[C@]12CN(C)[C@@H]3C4[C@H](OC)[C@H]1[C@@]3([C@@H](OC)C[C@H]2C)[C@@H]1C[C@@]2(OC(C)=O)[C@H](OC(C)=O)[C@@H]1[C@]4(OC(C)=O)[C@@H](OC(C)=O)[C@@H]2C. The number of likely N-dealkylation sites (tertiary alicyclic amines) is 1. The third kappa shape index (κ3) is 3.49. The maximum atomic E-state index is 13.3. The van der Waals surface area contributed by atoms with Crippen LogP contribution in [0.1, 0.15) is 67.7 Å². The van der Waals surface area contributed by atoms with E-state index in [1.807, 2.05) is 6.92 Å². The Hall–Kier alpha value is -2.24. The number of ether oxygens (including phenoxy) is 6. The van der Waals surface area contributed by atoms with Crippen molar-refractivity contribution in [2.45, 2.75) is 109 Å². The number of hydrogen-bond donors (Lipinski definition) is 0. The zero-order chi connectivity index (χ0) is 32.3. The van der Waals surface area contributed by atoms with Crippen LogP contribution in [0.3, 0.4) is 0 Å². The summed E-state index contributed by atoms with van der Waals surface area (Å²) in [5.41, 5.74) is -3.43. The van der Waals surface area contributed by atoms with E-state index in [0.29, 0.717) is 12.3 Å². The molecule has 6 rings (SSSR count). The summed E-state index contributed by atoms with van der Waals surface area (Å²) in [5, 5.41) is 0. The lowest BCUT2D eigenvalue weighted by molar-refractivity contribution is -0.312. The van der Waals surface area contributed by atoms with E-state index in [9.17, 15) is 19.2 Å². The molecule has 1 spiro atoms. The first-order chi connectivity index (χ1) is 20.6. The zero-order valence-electron chi connectivity index (χ0n) is 27.7. The molecular formula is C33H49NO10. The molecule has 7 bridgehead atoms. The van der Waals surface area contributed by atoms with Gasteiger partial charge in [-0.2, -0.15) is 0 Å². The van der Waals surface area contributed by atoms with Crippen LogP contribution in [-0.4, -0.2) is 98.2 Å². The average molecular weight is 620 g/mol. The van der Waals surface area contributed by atoms with Crippen molar-refractivity contribution in [2.75, 3.05) is 27.8 Å². The fraction of sp³-hybridized carbons (Fsp3) is 0.879. The first-order valence-electron chi connectivity index (χ1n) is 16.1. The number of fused-ring (bicyclic) bond motifs is 2. The second-order valence-corrected chi connectivity index (χ2v) is 14.7. The Bertz CT molecular complexity index is 1260. The van der Waals surface area contributed by atoms with E-state index in [1.165, 1.54) is 27.7 Å². The van der Waals surface area contributed by atoms with Gasteiger partial charge in [-0.15, -0.1) is 0 Å². The Morgan fingerprint density at radius 3 is 1.98 bits per heavy atom. The van der Waals surface area contributed by atoms with Gasteiger partial charge in [0.1, 0.15) is 12.2 Å². The number of carbonyl (C=O) groups excluding carboxylic acids is 4. The molecule has 6 fully saturated rings. The normalized spacial score (nSPS) is 51.4. The first kappa shape index (κ1) is 31.7. The van der Waals surface area contributed by atoms with Gasteiger partial charge in [-0.1, -0.05) is 20.8 Å². The van der Waals surface area contributed by atoms with Crippen molar-refractivity contribution in [3.63, 3.8) is 0 Å². The summed E-state index contributed by atoms with van der Waals surface area (Å²) in [7, 11) is 5.62. The van der Waals surface area contributed by atoms with E-state index >= 15 is 0 Å². The molecule has 0 aromatic carbocycles. The number of piperidine rings is 1. The largest absolute Gasteiger partial charge is 0.458 e. The summed E-state index contributed by atoms with van der Waals surface area (Å²) in [6, 6.07) is -0.176. The summed E-state index contributed by atoms with van der Waals surface area (Å²) in [6.07, 6.45) is -0.412. The lowest BCUT2D eigenvalue weighted by atomic mass is 9.40. The number of hydrogen-bond acceptors (Lipinski definition) is 11. The average Bonchev–Trinajstić information content (AvgIpc) is 3.33. The van der Waals surface area contributed by atoms with Gasteiger partial charge in [0.15, 0.2) is 11.2 Å². The van der Waals surface area contributed by atoms with Crippen molar-refractivity contribution in [3.05, 3.63) is 0 Å². The highest BCUT2D eigenvalue weighted by Gasteiger charge is 2.92. The molecule has 5 aliphatic carbocycles. The molecule has 0 amide bonds. The second-order valence-electron chi connectivity index (χ2n) is 14.7. The molecule has 246 valence electrons. The standard InChI is InChI=1S/C33H49NO10/c1-11-30-14-34(8)27-24-25(40-10)26(30)32(27,22(39-9)12-15(30)2)21-13-31(43-19(6)37)16(3)28(41-17(4)35)33(24,44-20(7)38)23(21)29(31)42-18(5)36/h15-16,21-29H,11-14H2,1-10H3/t15-,16+,21-,22+,23-,24?,25+,26-,27-,28+,29-,30-,31+,32+,33-/m1/s1. The molecule has 5 saturated carbocycles. The van der Waals surface area contributed by atoms with Gasteiger partial charge in [0.25, 0.3) is 0 Å². The van der Waals surface area contributed by atoms with Crippen molar-refractivity contribution < 1.29 is 47.6 Å². The smallest absolute Gasteiger partial charge is 0.303 e. The topological polar surface area (TPSA) is 127 Å². The van der Waals surface area contributed by atoms with Gasteiger partial charge < -0.3 is 33.3 Å². The monoisotopic (exact) mass is 619 g/mol. The molecule has 1 heterocycles. The van der Waals surface area contributed by atoms with Gasteiger partial charge in [-0.25, -0.2) is 0 Å². The van der Waals surface area contributed by atoms with Gasteiger partial charge in [0.05, 0.1) is 12.2 Å².